The van der Waals surface area contributed by atoms with E-state index < -0.39 is 25.0 Å². The van der Waals surface area contributed by atoms with E-state index in [0.29, 0.717) is 30.5 Å². The number of rotatable bonds is 13. The zero-order chi connectivity index (χ0) is 27.3. The summed E-state index contributed by atoms with van der Waals surface area (Å²) in [6, 6.07) is 0.340. The van der Waals surface area contributed by atoms with E-state index in [1.54, 1.807) is 13.8 Å². The second-order valence-electron chi connectivity index (χ2n) is 10.5. The van der Waals surface area contributed by atoms with Gasteiger partial charge in [0.2, 0.25) is 4.94 Å². The van der Waals surface area contributed by atoms with Crippen LogP contribution in [0.4, 0.5) is 0 Å². The van der Waals surface area contributed by atoms with Crippen molar-refractivity contribution >= 4 is 47.0 Å². The van der Waals surface area contributed by atoms with Crippen LogP contribution >= 0.6 is 27.0 Å². The highest BCUT2D eigenvalue weighted by Gasteiger charge is 2.32. The van der Waals surface area contributed by atoms with Gasteiger partial charge in [0.1, 0.15) is 24.0 Å². The number of carbonyl (C=O) groups excluding carboxylic acids is 2. The lowest BCUT2D eigenvalue weighted by atomic mass is 9.89. The lowest BCUT2D eigenvalue weighted by molar-refractivity contribution is -0.144. The van der Waals surface area contributed by atoms with Crippen LogP contribution < -0.4 is 9.82 Å². The van der Waals surface area contributed by atoms with Gasteiger partial charge in [0.05, 0.1) is 13.2 Å². The number of fused-ring (bicyclic) bond motifs is 1. The molecule has 7 nitrogen and oxygen atoms in total. The molecule has 0 spiro atoms. The van der Waals surface area contributed by atoms with Gasteiger partial charge in [0.15, 0.2) is 0 Å². The van der Waals surface area contributed by atoms with E-state index >= 15 is 0 Å². The molecule has 0 radical (unpaired) electrons. The Bertz CT molecular complexity index is 1070. The topological polar surface area (TPSA) is 90.9 Å². The van der Waals surface area contributed by atoms with Crippen molar-refractivity contribution in [2.75, 3.05) is 19.4 Å². The molecule has 0 aromatic heterocycles. The molecule has 2 rings (SSSR count). The van der Waals surface area contributed by atoms with Crippen molar-refractivity contribution in [2.24, 2.45) is 0 Å². The standard InChI is InChI=1S/C26H41INO6PSi/c1-9-20-18(4)22-15-34-26(30)23(22)24(33-13-14-36(6,7)8)21(20)12-11-17(3)16-35(27,31)28-19(5)25(29)32-10-2/h11,19H,9-10,12-16H2,1-8H3,(H,28,31)/b17-11+/t19-,35?/m0/s1. The van der Waals surface area contributed by atoms with Crippen LogP contribution in [0.5, 0.6) is 5.75 Å². The van der Waals surface area contributed by atoms with Crippen molar-refractivity contribution in [1.82, 2.24) is 5.09 Å². The number of hydrogen-bond donors (Lipinski definition) is 1. The van der Waals surface area contributed by atoms with Crippen molar-refractivity contribution < 1.29 is 28.4 Å². The molecule has 1 heterocycles. The van der Waals surface area contributed by atoms with Crippen LogP contribution in [0, 0.1) is 6.92 Å². The molecule has 1 aliphatic heterocycles. The Balaban J connectivity index is 2.34. The zero-order valence-corrected chi connectivity index (χ0v) is 26.9. The third-order valence-electron chi connectivity index (χ3n) is 6.21. The molecule has 2 atom stereocenters. The molecule has 0 amide bonds. The Morgan fingerprint density at radius 1 is 1.28 bits per heavy atom. The summed E-state index contributed by atoms with van der Waals surface area (Å²) in [5, 5.41) is 2.94. The van der Waals surface area contributed by atoms with Crippen molar-refractivity contribution in [3.63, 3.8) is 0 Å². The fourth-order valence-corrected chi connectivity index (χ4v) is 9.38. The number of cyclic esters (lactones) is 1. The first-order valence-electron chi connectivity index (χ1n) is 12.6. The Hall–Kier alpha value is -1.16. The molecule has 0 saturated carbocycles. The summed E-state index contributed by atoms with van der Waals surface area (Å²) in [4.78, 5) is 21.8. The summed E-state index contributed by atoms with van der Waals surface area (Å²) in [5.74, 6) is -0.0946. The lowest BCUT2D eigenvalue weighted by Crippen LogP contribution is -2.32. The fraction of sp³-hybridized carbons (Fsp3) is 0.615. The summed E-state index contributed by atoms with van der Waals surface area (Å²) < 4.78 is 29.9. The maximum atomic E-state index is 13.2. The molecule has 1 aromatic carbocycles. The second kappa shape index (κ2) is 13.1. The van der Waals surface area contributed by atoms with Gasteiger partial charge in [0.25, 0.3) is 0 Å². The van der Waals surface area contributed by atoms with E-state index in [9.17, 15) is 14.2 Å². The molecule has 0 bridgehead atoms. The summed E-state index contributed by atoms with van der Waals surface area (Å²) in [5.41, 5.74) is 5.68. The van der Waals surface area contributed by atoms with Crippen LogP contribution in [0.3, 0.4) is 0 Å². The smallest absolute Gasteiger partial charge is 0.342 e. The maximum absolute atomic E-state index is 13.2. The van der Waals surface area contributed by atoms with Crippen LogP contribution in [0.1, 0.15) is 60.3 Å². The molecule has 36 heavy (non-hydrogen) atoms. The van der Waals surface area contributed by atoms with Gasteiger partial charge in [-0.1, -0.05) is 38.2 Å². The first-order chi connectivity index (χ1) is 16.7. The lowest BCUT2D eigenvalue weighted by Gasteiger charge is -2.22. The van der Waals surface area contributed by atoms with Crippen molar-refractivity contribution in [3.8, 4) is 5.75 Å². The molecule has 1 N–H and O–H groups in total. The van der Waals surface area contributed by atoms with Gasteiger partial charge in [-0.2, -0.15) is 0 Å². The summed E-state index contributed by atoms with van der Waals surface area (Å²) in [6.07, 6.45) is 3.73. The number of hydrogen-bond acceptors (Lipinski definition) is 6. The highest BCUT2D eigenvalue weighted by Crippen LogP contribution is 2.52. The van der Waals surface area contributed by atoms with Gasteiger partial charge in [0, 0.05) is 47.4 Å². The first-order valence-corrected chi connectivity index (χ1v) is 20.9. The molecule has 1 unspecified atom stereocenters. The predicted octanol–water partition coefficient (Wildman–Crippen LogP) is 6.60. The van der Waals surface area contributed by atoms with Crippen LogP contribution in [0.25, 0.3) is 0 Å². The summed E-state index contributed by atoms with van der Waals surface area (Å²) >= 11 is 1.91. The maximum Gasteiger partial charge on any atom is 0.342 e. The van der Waals surface area contributed by atoms with Crippen molar-refractivity contribution in [2.45, 2.75) is 85.8 Å². The van der Waals surface area contributed by atoms with Gasteiger partial charge < -0.3 is 14.2 Å². The number of allylic oxidation sites excluding steroid dienone is 2. The highest BCUT2D eigenvalue weighted by molar-refractivity contribution is 14.2. The average Bonchev–Trinajstić information content (AvgIpc) is 3.14. The summed E-state index contributed by atoms with van der Waals surface area (Å²) in [7, 11) is -1.32. The minimum absolute atomic E-state index is 0.283. The molecule has 202 valence electrons. The van der Waals surface area contributed by atoms with Crippen molar-refractivity contribution in [3.05, 3.63) is 39.5 Å². The average molecular weight is 650 g/mol. The predicted molar refractivity (Wildman–Crippen MR) is 157 cm³/mol. The number of nitrogens with one attached hydrogen (secondary N) is 1. The molecule has 1 aliphatic rings. The number of esters is 2. The Kier molecular flexibility index (Phi) is 11.3. The molecular weight excluding hydrogens is 608 g/mol. The molecule has 0 fully saturated rings. The van der Waals surface area contributed by atoms with Gasteiger partial charge in [-0.3, -0.25) is 9.36 Å². The minimum Gasteiger partial charge on any atom is -0.493 e. The van der Waals surface area contributed by atoms with E-state index in [4.69, 9.17) is 14.2 Å². The monoisotopic (exact) mass is 649 g/mol. The number of carbonyl (C=O) groups is 2. The zero-order valence-electron chi connectivity index (χ0n) is 22.9. The second-order valence-corrected chi connectivity index (χ2v) is 22.7. The SMILES string of the molecule is CCOC(=O)[C@H](C)NP(=O)(I)C/C(C)=C/Cc1c(CC)c(C)c2c(c1OCC[Si](C)(C)C)C(=O)OC2. The Morgan fingerprint density at radius 2 is 1.94 bits per heavy atom. The van der Waals surface area contributed by atoms with Gasteiger partial charge >= 0.3 is 11.9 Å². The first kappa shape index (κ1) is 31.1. The third kappa shape index (κ3) is 8.43. The van der Waals surface area contributed by atoms with Gasteiger partial charge in [-0.15, -0.1) is 0 Å². The van der Waals surface area contributed by atoms with Crippen LogP contribution in [-0.4, -0.2) is 45.4 Å². The van der Waals surface area contributed by atoms with Crippen molar-refractivity contribution in [1.29, 1.82) is 0 Å². The van der Waals surface area contributed by atoms with Gasteiger partial charge in [-0.05, 0) is 57.7 Å². The number of halogens is 1. The molecule has 0 saturated heterocycles. The van der Waals surface area contributed by atoms with Crippen LogP contribution in [0.2, 0.25) is 25.7 Å². The quantitative estimate of drug-likeness (QED) is 0.0847. The molecule has 10 heteroatoms. The van der Waals surface area contributed by atoms with E-state index in [0.717, 1.165) is 34.7 Å². The van der Waals surface area contributed by atoms with E-state index in [2.05, 4.69) is 31.7 Å². The third-order valence-corrected chi connectivity index (χ3v) is 11.5. The van der Waals surface area contributed by atoms with E-state index in [-0.39, 0.29) is 19.2 Å². The normalized spacial score (nSPS) is 16.2. The molecule has 1 aromatic rings. The van der Waals surface area contributed by atoms with Gasteiger partial charge in [-0.25, -0.2) is 9.88 Å². The summed E-state index contributed by atoms with van der Waals surface area (Å²) in [6.45, 7) is 17.5. The number of benzene rings is 1. The largest absolute Gasteiger partial charge is 0.493 e. The number of ether oxygens (including phenoxy) is 3. The molecular formula is C26H41INO6PSi. The van der Waals surface area contributed by atoms with Crippen LogP contribution in [-0.2, 0) is 38.3 Å². The van der Waals surface area contributed by atoms with Crippen LogP contribution in [0.15, 0.2) is 11.6 Å². The molecule has 0 aliphatic carbocycles. The fourth-order valence-electron chi connectivity index (χ4n) is 4.26. The Morgan fingerprint density at radius 3 is 2.53 bits per heavy atom. The minimum atomic E-state index is -2.85. The van der Waals surface area contributed by atoms with E-state index in [1.165, 1.54) is 5.56 Å². The Labute approximate surface area is 230 Å². The van der Waals surface area contributed by atoms with E-state index in [1.807, 2.05) is 42.0 Å². The highest BCUT2D eigenvalue weighted by atomic mass is 127.